The number of nitrogens with one attached hydrogen (secondary N) is 1. The summed E-state index contributed by atoms with van der Waals surface area (Å²) in [5.41, 5.74) is 6.41. The van der Waals surface area contributed by atoms with Gasteiger partial charge in [0.05, 0.1) is 11.6 Å². The van der Waals surface area contributed by atoms with Crippen molar-refractivity contribution < 1.29 is 0 Å². The third kappa shape index (κ3) is 1.30. The molecule has 0 amide bonds. The van der Waals surface area contributed by atoms with Crippen LogP contribution in [0.25, 0.3) is 11.0 Å². The molecule has 3 N–H and O–H groups in total. The van der Waals surface area contributed by atoms with Crippen molar-refractivity contribution in [2.45, 2.75) is 25.8 Å². The number of aromatic nitrogens is 4. The minimum atomic E-state index is 0.297. The van der Waals surface area contributed by atoms with Crippen molar-refractivity contribution in [3.05, 3.63) is 6.20 Å². The summed E-state index contributed by atoms with van der Waals surface area (Å²) < 4.78 is 0. The van der Waals surface area contributed by atoms with Gasteiger partial charge in [-0.1, -0.05) is 0 Å². The zero-order chi connectivity index (χ0) is 11.1. The lowest BCUT2D eigenvalue weighted by Gasteiger charge is -2.22. The summed E-state index contributed by atoms with van der Waals surface area (Å²) in [5.74, 6) is 1.20. The van der Waals surface area contributed by atoms with E-state index in [1.807, 2.05) is 0 Å². The van der Waals surface area contributed by atoms with Crippen molar-refractivity contribution in [3.63, 3.8) is 0 Å². The highest BCUT2D eigenvalue weighted by Gasteiger charge is 2.24. The molecule has 6 heteroatoms. The molecule has 1 atom stereocenters. The van der Waals surface area contributed by atoms with Gasteiger partial charge in [0.15, 0.2) is 5.65 Å². The Bertz CT molecular complexity index is 519. The molecule has 2 aromatic heterocycles. The van der Waals surface area contributed by atoms with E-state index in [2.05, 4.69) is 32.0 Å². The van der Waals surface area contributed by atoms with E-state index in [0.29, 0.717) is 17.6 Å². The Hall–Kier alpha value is -1.85. The number of anilines is 2. The van der Waals surface area contributed by atoms with Gasteiger partial charge >= 0.3 is 0 Å². The molecule has 3 heterocycles. The molecule has 0 spiro atoms. The summed E-state index contributed by atoms with van der Waals surface area (Å²) in [5, 5.41) is 7.77. The zero-order valence-electron chi connectivity index (χ0n) is 9.14. The Morgan fingerprint density at radius 2 is 2.38 bits per heavy atom. The molecule has 1 fully saturated rings. The minimum absolute atomic E-state index is 0.297. The lowest BCUT2D eigenvalue weighted by atomic mass is 10.2. The first-order valence-electron chi connectivity index (χ1n) is 5.49. The third-order valence-electron chi connectivity index (χ3n) is 3.13. The predicted molar refractivity (Wildman–Crippen MR) is 62.1 cm³/mol. The third-order valence-corrected chi connectivity index (χ3v) is 3.13. The number of fused-ring (bicyclic) bond motifs is 1. The van der Waals surface area contributed by atoms with E-state index >= 15 is 0 Å². The van der Waals surface area contributed by atoms with Gasteiger partial charge in [0.1, 0.15) is 5.82 Å². The van der Waals surface area contributed by atoms with Gasteiger partial charge in [0, 0.05) is 12.6 Å². The van der Waals surface area contributed by atoms with Crippen LogP contribution < -0.4 is 10.6 Å². The first-order valence-corrected chi connectivity index (χ1v) is 5.49. The first-order chi connectivity index (χ1) is 7.75. The molecule has 0 aliphatic carbocycles. The molecule has 84 valence electrons. The standard InChI is InChI=1S/C10H14N6/c1-6-3-2-4-16(6)9-7-5-12-15-8(7)13-10(11)14-9/h5-6H,2-4H2,1H3,(H3,11,12,13,14,15). The maximum Gasteiger partial charge on any atom is 0.224 e. The Kier molecular flexibility index (Phi) is 1.95. The fourth-order valence-corrected chi connectivity index (χ4v) is 2.30. The van der Waals surface area contributed by atoms with Crippen LogP contribution in [-0.4, -0.2) is 32.8 Å². The summed E-state index contributed by atoms with van der Waals surface area (Å²) in [7, 11) is 0. The van der Waals surface area contributed by atoms with E-state index in [1.54, 1.807) is 6.20 Å². The normalized spacial score (nSPS) is 20.8. The van der Waals surface area contributed by atoms with Crippen LogP contribution in [0.5, 0.6) is 0 Å². The maximum absolute atomic E-state index is 5.70. The second-order valence-electron chi connectivity index (χ2n) is 4.22. The van der Waals surface area contributed by atoms with Gasteiger partial charge in [-0.15, -0.1) is 0 Å². The average Bonchev–Trinajstić information content (AvgIpc) is 2.84. The molecule has 0 bridgehead atoms. The molecule has 1 aliphatic heterocycles. The maximum atomic E-state index is 5.70. The number of nitrogens with two attached hydrogens (primary N) is 1. The summed E-state index contributed by atoms with van der Waals surface area (Å²) >= 11 is 0. The number of rotatable bonds is 1. The minimum Gasteiger partial charge on any atom is -0.368 e. The molecule has 2 aromatic rings. The topological polar surface area (TPSA) is 83.7 Å². The molecule has 0 aromatic carbocycles. The molecular weight excluding hydrogens is 204 g/mol. The molecule has 16 heavy (non-hydrogen) atoms. The second-order valence-corrected chi connectivity index (χ2v) is 4.22. The van der Waals surface area contributed by atoms with Crippen molar-refractivity contribution in [2.24, 2.45) is 0 Å². The largest absolute Gasteiger partial charge is 0.368 e. The van der Waals surface area contributed by atoms with Crippen LogP contribution in [0.2, 0.25) is 0 Å². The number of hydrogen-bond acceptors (Lipinski definition) is 5. The van der Waals surface area contributed by atoms with E-state index in [9.17, 15) is 0 Å². The summed E-state index contributed by atoms with van der Waals surface area (Å²) in [6.07, 6.45) is 4.16. The van der Waals surface area contributed by atoms with Crippen molar-refractivity contribution in [1.29, 1.82) is 0 Å². The Labute approximate surface area is 92.9 Å². The van der Waals surface area contributed by atoms with Gasteiger partial charge in [-0.05, 0) is 19.8 Å². The summed E-state index contributed by atoms with van der Waals surface area (Å²) in [6.45, 7) is 3.23. The molecule has 0 saturated carbocycles. The number of nitrogens with zero attached hydrogens (tertiary/aromatic N) is 4. The molecule has 1 unspecified atom stereocenters. The average molecular weight is 218 g/mol. The number of nitrogen functional groups attached to an aromatic ring is 1. The predicted octanol–water partition coefficient (Wildman–Crippen LogP) is 0.924. The highest BCUT2D eigenvalue weighted by molar-refractivity contribution is 5.87. The highest BCUT2D eigenvalue weighted by atomic mass is 15.3. The number of hydrogen-bond donors (Lipinski definition) is 2. The van der Waals surface area contributed by atoms with E-state index in [-0.39, 0.29) is 0 Å². The lowest BCUT2D eigenvalue weighted by molar-refractivity contribution is 0.729. The van der Waals surface area contributed by atoms with Crippen LogP contribution in [0.4, 0.5) is 11.8 Å². The van der Waals surface area contributed by atoms with Crippen LogP contribution in [0.1, 0.15) is 19.8 Å². The van der Waals surface area contributed by atoms with Gasteiger partial charge in [-0.2, -0.15) is 15.1 Å². The van der Waals surface area contributed by atoms with Crippen LogP contribution in [-0.2, 0) is 0 Å². The van der Waals surface area contributed by atoms with E-state index in [0.717, 1.165) is 17.7 Å². The molecule has 0 radical (unpaired) electrons. The molecule has 1 aliphatic rings. The SMILES string of the molecule is CC1CCCN1c1nc(N)nc2[nH]ncc12. The van der Waals surface area contributed by atoms with Crippen molar-refractivity contribution in [2.75, 3.05) is 17.2 Å². The highest BCUT2D eigenvalue weighted by Crippen LogP contribution is 2.29. The smallest absolute Gasteiger partial charge is 0.224 e. The van der Waals surface area contributed by atoms with E-state index in [1.165, 1.54) is 12.8 Å². The van der Waals surface area contributed by atoms with Gasteiger partial charge < -0.3 is 10.6 Å². The van der Waals surface area contributed by atoms with Crippen LogP contribution >= 0.6 is 0 Å². The van der Waals surface area contributed by atoms with E-state index in [4.69, 9.17) is 5.73 Å². The van der Waals surface area contributed by atoms with Gasteiger partial charge in [0.25, 0.3) is 0 Å². The summed E-state index contributed by atoms with van der Waals surface area (Å²) in [4.78, 5) is 10.7. The second kappa shape index (κ2) is 3.33. The van der Waals surface area contributed by atoms with Crippen LogP contribution in [0.15, 0.2) is 6.20 Å². The molecule has 6 nitrogen and oxygen atoms in total. The number of aromatic amines is 1. The van der Waals surface area contributed by atoms with Crippen LogP contribution in [0.3, 0.4) is 0 Å². The molecule has 3 rings (SSSR count). The molecular formula is C10H14N6. The first kappa shape index (κ1) is 9.38. The van der Waals surface area contributed by atoms with Gasteiger partial charge in [0.2, 0.25) is 5.95 Å². The Morgan fingerprint density at radius 1 is 1.50 bits per heavy atom. The van der Waals surface area contributed by atoms with Gasteiger partial charge in [-0.3, -0.25) is 5.10 Å². The fourth-order valence-electron chi connectivity index (χ4n) is 2.30. The van der Waals surface area contributed by atoms with Crippen molar-refractivity contribution in [1.82, 2.24) is 20.2 Å². The van der Waals surface area contributed by atoms with Gasteiger partial charge in [-0.25, -0.2) is 0 Å². The molecule has 1 saturated heterocycles. The summed E-state index contributed by atoms with van der Waals surface area (Å²) in [6, 6.07) is 0.507. The quantitative estimate of drug-likeness (QED) is 0.743. The number of H-pyrrole nitrogens is 1. The zero-order valence-corrected chi connectivity index (χ0v) is 9.14. The Morgan fingerprint density at radius 3 is 3.12 bits per heavy atom. The van der Waals surface area contributed by atoms with Crippen molar-refractivity contribution >= 4 is 22.8 Å². The van der Waals surface area contributed by atoms with E-state index < -0.39 is 0 Å². The lowest BCUT2D eigenvalue weighted by Crippen LogP contribution is -2.27. The fraction of sp³-hybridized carbons (Fsp3) is 0.500. The van der Waals surface area contributed by atoms with Crippen molar-refractivity contribution in [3.8, 4) is 0 Å². The Balaban J connectivity index is 2.17. The monoisotopic (exact) mass is 218 g/mol. The van der Waals surface area contributed by atoms with Crippen LogP contribution in [0, 0.1) is 0 Å².